The lowest BCUT2D eigenvalue weighted by atomic mass is 9.99. The molecule has 1 aromatic heterocycles. The Balaban J connectivity index is 1.40. The van der Waals surface area contributed by atoms with E-state index < -0.39 is 0 Å². The van der Waals surface area contributed by atoms with Gasteiger partial charge < -0.3 is 9.64 Å². The van der Waals surface area contributed by atoms with E-state index >= 15 is 0 Å². The summed E-state index contributed by atoms with van der Waals surface area (Å²) in [6.45, 7) is 1.31. The van der Waals surface area contributed by atoms with Crippen LogP contribution >= 0.6 is 11.3 Å². The van der Waals surface area contributed by atoms with Gasteiger partial charge in [0.1, 0.15) is 11.6 Å². The molecule has 2 heterocycles. The Bertz CT molecular complexity index is 894. The summed E-state index contributed by atoms with van der Waals surface area (Å²) in [4.78, 5) is 19.1. The molecule has 3 aromatic rings. The summed E-state index contributed by atoms with van der Waals surface area (Å²) in [6.07, 6.45) is 1.99. The van der Waals surface area contributed by atoms with Crippen molar-refractivity contribution in [1.29, 1.82) is 0 Å². The number of hydrogen-bond acceptors (Lipinski definition) is 4. The van der Waals surface area contributed by atoms with Crippen LogP contribution in [0.2, 0.25) is 0 Å². The minimum atomic E-state index is -0.371. The number of carbonyl (C=O) groups excluding carboxylic acids is 1. The van der Waals surface area contributed by atoms with Crippen molar-refractivity contribution in [1.82, 2.24) is 9.88 Å². The lowest BCUT2D eigenvalue weighted by molar-refractivity contribution is -0.134. The highest BCUT2D eigenvalue weighted by Crippen LogP contribution is 2.33. The number of carbonyl (C=O) groups is 1. The Morgan fingerprint density at radius 2 is 2.15 bits per heavy atom. The molecule has 1 aliphatic rings. The zero-order valence-electron chi connectivity index (χ0n) is 14.2. The van der Waals surface area contributed by atoms with Crippen molar-refractivity contribution >= 4 is 27.5 Å². The summed E-state index contributed by atoms with van der Waals surface area (Å²) in [5.74, 6) is 0.196. The number of nitrogens with zero attached hydrogens (tertiary/aromatic N) is 2. The molecule has 0 spiro atoms. The molecule has 1 aliphatic heterocycles. The maximum Gasteiger partial charge on any atom is 0.260 e. The fourth-order valence-electron chi connectivity index (χ4n) is 3.26. The van der Waals surface area contributed by atoms with E-state index in [9.17, 15) is 9.18 Å². The fourth-order valence-corrected chi connectivity index (χ4v) is 4.36. The summed E-state index contributed by atoms with van der Waals surface area (Å²) in [7, 11) is 0. The Labute approximate surface area is 155 Å². The lowest BCUT2D eigenvalue weighted by Crippen LogP contribution is -2.41. The minimum Gasteiger partial charge on any atom is -0.484 e. The molecule has 1 atom stereocenters. The first-order valence-corrected chi connectivity index (χ1v) is 9.52. The molecule has 26 heavy (non-hydrogen) atoms. The lowest BCUT2D eigenvalue weighted by Gasteiger charge is -2.31. The fraction of sp³-hybridized carbons (Fsp3) is 0.300. The summed E-state index contributed by atoms with van der Waals surface area (Å²) in [5, 5.41) is 1.09. The third-order valence-electron chi connectivity index (χ3n) is 4.59. The molecule has 4 rings (SSSR count). The van der Waals surface area contributed by atoms with Crippen LogP contribution in [0.3, 0.4) is 0 Å². The van der Waals surface area contributed by atoms with Gasteiger partial charge in [0.05, 0.1) is 15.2 Å². The van der Waals surface area contributed by atoms with Crippen LogP contribution < -0.4 is 4.74 Å². The quantitative estimate of drug-likeness (QED) is 0.691. The highest BCUT2D eigenvalue weighted by atomic mass is 32.1. The van der Waals surface area contributed by atoms with Crippen molar-refractivity contribution in [2.24, 2.45) is 0 Å². The van der Waals surface area contributed by atoms with E-state index in [1.165, 1.54) is 16.8 Å². The molecule has 1 saturated heterocycles. The zero-order valence-corrected chi connectivity index (χ0v) is 15.0. The highest BCUT2D eigenvalue weighted by molar-refractivity contribution is 7.18. The minimum absolute atomic E-state index is 0.0694. The molecule has 1 unspecified atom stereocenters. The number of amides is 1. The van der Waals surface area contributed by atoms with Crippen molar-refractivity contribution in [3.05, 3.63) is 59.4 Å². The van der Waals surface area contributed by atoms with Gasteiger partial charge in [0, 0.05) is 25.1 Å². The van der Waals surface area contributed by atoms with E-state index in [4.69, 9.17) is 9.72 Å². The highest BCUT2D eigenvalue weighted by Gasteiger charge is 2.27. The standard InChI is InChI=1S/C20H19FN2O2S/c21-15-6-3-7-16(11-15)25-13-19(24)23-10-4-5-14(12-23)20-22-17-8-1-2-9-18(17)26-20/h1-3,6-9,11,14H,4-5,10,12-13H2. The third-order valence-corrected chi connectivity index (χ3v) is 5.79. The summed E-state index contributed by atoms with van der Waals surface area (Å²) < 4.78 is 19.8. The molecule has 0 aliphatic carbocycles. The van der Waals surface area contributed by atoms with Gasteiger partial charge in [-0.2, -0.15) is 0 Å². The Kier molecular flexibility index (Phi) is 4.84. The van der Waals surface area contributed by atoms with Gasteiger partial charge in [-0.15, -0.1) is 11.3 Å². The number of likely N-dealkylation sites (tertiary alicyclic amines) is 1. The van der Waals surface area contributed by atoms with E-state index in [0.717, 1.165) is 29.9 Å². The second-order valence-corrected chi connectivity index (χ2v) is 7.51. The number of rotatable bonds is 4. The average molecular weight is 370 g/mol. The molecule has 0 saturated carbocycles. The predicted octanol–water partition coefficient (Wildman–Crippen LogP) is 4.22. The normalized spacial score (nSPS) is 17.4. The molecule has 0 bridgehead atoms. The summed E-state index contributed by atoms with van der Waals surface area (Å²) in [6, 6.07) is 14.0. The number of aromatic nitrogens is 1. The van der Waals surface area contributed by atoms with E-state index in [-0.39, 0.29) is 24.2 Å². The van der Waals surface area contributed by atoms with Crippen molar-refractivity contribution < 1.29 is 13.9 Å². The number of fused-ring (bicyclic) bond motifs is 1. The van der Waals surface area contributed by atoms with E-state index in [0.29, 0.717) is 12.3 Å². The Morgan fingerprint density at radius 1 is 1.27 bits per heavy atom. The molecule has 4 nitrogen and oxygen atoms in total. The predicted molar refractivity (Wildman–Crippen MR) is 100 cm³/mol. The number of ether oxygens (including phenoxy) is 1. The van der Waals surface area contributed by atoms with Crippen molar-refractivity contribution in [3.63, 3.8) is 0 Å². The molecule has 1 fully saturated rings. The van der Waals surface area contributed by atoms with Gasteiger partial charge in [-0.3, -0.25) is 4.79 Å². The maximum atomic E-state index is 13.2. The van der Waals surface area contributed by atoms with Gasteiger partial charge >= 0.3 is 0 Å². The smallest absolute Gasteiger partial charge is 0.260 e. The number of halogens is 1. The van der Waals surface area contributed by atoms with E-state index in [1.54, 1.807) is 23.5 Å². The van der Waals surface area contributed by atoms with Gasteiger partial charge in [0.2, 0.25) is 0 Å². The molecule has 6 heteroatoms. The second-order valence-electron chi connectivity index (χ2n) is 6.44. The van der Waals surface area contributed by atoms with Crippen LogP contribution in [-0.2, 0) is 4.79 Å². The van der Waals surface area contributed by atoms with Crippen LogP contribution in [0, 0.1) is 5.82 Å². The maximum absolute atomic E-state index is 13.2. The first-order valence-electron chi connectivity index (χ1n) is 8.70. The van der Waals surface area contributed by atoms with E-state index in [1.807, 2.05) is 23.1 Å². The number of piperidine rings is 1. The number of para-hydroxylation sites is 1. The van der Waals surface area contributed by atoms with E-state index in [2.05, 4.69) is 6.07 Å². The Hall–Kier alpha value is -2.47. The molecule has 134 valence electrons. The average Bonchev–Trinajstić information content (AvgIpc) is 3.10. The number of hydrogen-bond donors (Lipinski definition) is 0. The van der Waals surface area contributed by atoms with Gasteiger partial charge in [-0.25, -0.2) is 9.37 Å². The van der Waals surface area contributed by atoms with Gasteiger partial charge in [0.15, 0.2) is 6.61 Å². The SMILES string of the molecule is O=C(COc1cccc(F)c1)N1CCCC(c2nc3ccccc3s2)C1. The summed E-state index contributed by atoms with van der Waals surface area (Å²) >= 11 is 1.71. The topological polar surface area (TPSA) is 42.4 Å². The van der Waals surface area contributed by atoms with Crippen LogP contribution in [0.15, 0.2) is 48.5 Å². The van der Waals surface area contributed by atoms with Crippen LogP contribution in [-0.4, -0.2) is 35.5 Å². The van der Waals surface area contributed by atoms with Crippen molar-refractivity contribution in [3.8, 4) is 5.75 Å². The van der Waals surface area contributed by atoms with Crippen LogP contribution in [0.25, 0.3) is 10.2 Å². The first kappa shape index (κ1) is 17.0. The van der Waals surface area contributed by atoms with Crippen LogP contribution in [0.5, 0.6) is 5.75 Å². The van der Waals surface area contributed by atoms with Gasteiger partial charge in [-0.05, 0) is 37.1 Å². The molecule has 1 amide bonds. The Morgan fingerprint density at radius 3 is 3.00 bits per heavy atom. The van der Waals surface area contributed by atoms with Crippen LogP contribution in [0.4, 0.5) is 4.39 Å². The van der Waals surface area contributed by atoms with Crippen molar-refractivity contribution in [2.75, 3.05) is 19.7 Å². The number of thiazole rings is 1. The number of benzene rings is 2. The molecule has 2 aromatic carbocycles. The molecular formula is C20H19FN2O2S. The van der Waals surface area contributed by atoms with Crippen LogP contribution in [0.1, 0.15) is 23.8 Å². The van der Waals surface area contributed by atoms with Crippen molar-refractivity contribution in [2.45, 2.75) is 18.8 Å². The largest absolute Gasteiger partial charge is 0.484 e. The molecular weight excluding hydrogens is 351 g/mol. The third kappa shape index (κ3) is 3.70. The second kappa shape index (κ2) is 7.41. The monoisotopic (exact) mass is 370 g/mol. The first-order chi connectivity index (χ1) is 12.7. The van der Waals surface area contributed by atoms with Gasteiger partial charge in [0.25, 0.3) is 5.91 Å². The zero-order chi connectivity index (χ0) is 17.9. The summed E-state index contributed by atoms with van der Waals surface area (Å²) in [5.41, 5.74) is 1.02. The van der Waals surface area contributed by atoms with Gasteiger partial charge in [-0.1, -0.05) is 18.2 Å². The molecule has 0 radical (unpaired) electrons. The molecule has 0 N–H and O–H groups in total.